The summed E-state index contributed by atoms with van der Waals surface area (Å²) >= 11 is 0. The van der Waals surface area contributed by atoms with E-state index in [1.165, 1.54) is 38.8 Å². The van der Waals surface area contributed by atoms with Crippen molar-refractivity contribution in [2.24, 2.45) is 0 Å². The van der Waals surface area contributed by atoms with Gasteiger partial charge in [0.05, 0.1) is 6.26 Å². The third-order valence-electron chi connectivity index (χ3n) is 4.44. The van der Waals surface area contributed by atoms with E-state index in [0.29, 0.717) is 12.1 Å². The summed E-state index contributed by atoms with van der Waals surface area (Å²) in [4.78, 5) is 2.68. The molecule has 3 nitrogen and oxygen atoms in total. The highest BCUT2D eigenvalue weighted by molar-refractivity contribution is 5.01. The SMILES string of the molecule is CC(Cc1ccco1)NC1CCN2CCCCC12. The maximum atomic E-state index is 5.42. The molecule has 100 valence electrons. The lowest BCUT2D eigenvalue weighted by molar-refractivity contribution is 0.177. The van der Waals surface area contributed by atoms with E-state index in [1.807, 2.05) is 6.07 Å². The van der Waals surface area contributed by atoms with Gasteiger partial charge in [-0.3, -0.25) is 4.90 Å². The number of nitrogens with one attached hydrogen (secondary N) is 1. The second kappa shape index (κ2) is 5.45. The Labute approximate surface area is 110 Å². The van der Waals surface area contributed by atoms with Gasteiger partial charge in [-0.1, -0.05) is 6.42 Å². The second-order valence-electron chi connectivity index (χ2n) is 5.85. The Kier molecular flexibility index (Phi) is 3.71. The summed E-state index contributed by atoms with van der Waals surface area (Å²) in [6, 6.07) is 6.02. The van der Waals surface area contributed by atoms with E-state index < -0.39 is 0 Å². The van der Waals surface area contributed by atoms with Gasteiger partial charge >= 0.3 is 0 Å². The molecule has 2 aliphatic heterocycles. The van der Waals surface area contributed by atoms with Crippen LogP contribution in [0.5, 0.6) is 0 Å². The number of furan rings is 1. The molecule has 2 fully saturated rings. The zero-order chi connectivity index (χ0) is 12.4. The number of rotatable bonds is 4. The molecule has 0 aromatic carbocycles. The van der Waals surface area contributed by atoms with Crippen molar-refractivity contribution in [1.29, 1.82) is 0 Å². The molecule has 3 heteroatoms. The maximum absolute atomic E-state index is 5.42. The van der Waals surface area contributed by atoms with Crippen molar-refractivity contribution < 1.29 is 4.42 Å². The van der Waals surface area contributed by atoms with Crippen LogP contribution in [0, 0.1) is 0 Å². The standard InChI is InChI=1S/C15H24N2O/c1-12(11-13-5-4-10-18-13)16-14-7-9-17-8-3-2-6-15(14)17/h4-5,10,12,14-16H,2-3,6-9,11H2,1H3. The predicted molar refractivity (Wildman–Crippen MR) is 72.6 cm³/mol. The lowest BCUT2D eigenvalue weighted by Crippen LogP contribution is -2.47. The average molecular weight is 248 g/mol. The van der Waals surface area contributed by atoms with Crippen LogP contribution in [0.1, 0.15) is 38.4 Å². The maximum Gasteiger partial charge on any atom is 0.105 e. The van der Waals surface area contributed by atoms with E-state index in [9.17, 15) is 0 Å². The molecule has 0 radical (unpaired) electrons. The average Bonchev–Trinajstić information content (AvgIpc) is 3.00. The Morgan fingerprint density at radius 1 is 1.39 bits per heavy atom. The summed E-state index contributed by atoms with van der Waals surface area (Å²) < 4.78 is 5.42. The van der Waals surface area contributed by atoms with Crippen molar-refractivity contribution in [2.75, 3.05) is 13.1 Å². The van der Waals surface area contributed by atoms with Gasteiger partial charge in [-0.25, -0.2) is 0 Å². The molecule has 2 saturated heterocycles. The first-order chi connectivity index (χ1) is 8.83. The van der Waals surface area contributed by atoms with Crippen molar-refractivity contribution >= 4 is 0 Å². The lowest BCUT2D eigenvalue weighted by atomic mass is 9.98. The number of hydrogen-bond donors (Lipinski definition) is 1. The van der Waals surface area contributed by atoms with E-state index >= 15 is 0 Å². The van der Waals surface area contributed by atoms with Crippen LogP contribution in [-0.4, -0.2) is 36.1 Å². The van der Waals surface area contributed by atoms with Gasteiger partial charge in [0, 0.05) is 31.1 Å². The smallest absolute Gasteiger partial charge is 0.105 e. The van der Waals surface area contributed by atoms with Crippen LogP contribution < -0.4 is 5.32 Å². The minimum atomic E-state index is 0.503. The van der Waals surface area contributed by atoms with E-state index in [1.54, 1.807) is 6.26 Å². The molecule has 1 aromatic heterocycles. The van der Waals surface area contributed by atoms with E-state index in [2.05, 4.69) is 23.2 Å². The molecule has 1 N–H and O–H groups in total. The highest BCUT2D eigenvalue weighted by Crippen LogP contribution is 2.27. The van der Waals surface area contributed by atoms with E-state index in [4.69, 9.17) is 4.42 Å². The van der Waals surface area contributed by atoms with Crippen LogP contribution in [-0.2, 0) is 6.42 Å². The Morgan fingerprint density at radius 3 is 3.17 bits per heavy atom. The van der Waals surface area contributed by atoms with E-state index in [0.717, 1.165) is 18.2 Å². The monoisotopic (exact) mass is 248 g/mol. The minimum absolute atomic E-state index is 0.503. The first kappa shape index (κ1) is 12.2. The van der Waals surface area contributed by atoms with Crippen LogP contribution in [0.15, 0.2) is 22.8 Å². The van der Waals surface area contributed by atoms with Crippen LogP contribution >= 0.6 is 0 Å². The van der Waals surface area contributed by atoms with Crippen molar-refractivity contribution in [3.05, 3.63) is 24.2 Å². The zero-order valence-corrected chi connectivity index (χ0v) is 11.3. The molecule has 3 atom stereocenters. The third kappa shape index (κ3) is 2.62. The van der Waals surface area contributed by atoms with Gasteiger partial charge in [0.25, 0.3) is 0 Å². The Hall–Kier alpha value is -0.800. The summed E-state index contributed by atoms with van der Waals surface area (Å²) in [7, 11) is 0. The molecule has 0 saturated carbocycles. The summed E-state index contributed by atoms with van der Waals surface area (Å²) in [5.74, 6) is 1.09. The van der Waals surface area contributed by atoms with Gasteiger partial charge in [0.15, 0.2) is 0 Å². The number of nitrogens with zero attached hydrogens (tertiary/aromatic N) is 1. The van der Waals surface area contributed by atoms with Crippen molar-refractivity contribution in [2.45, 2.75) is 57.2 Å². The van der Waals surface area contributed by atoms with Gasteiger partial charge in [0.2, 0.25) is 0 Å². The molecular formula is C15H24N2O. The number of fused-ring (bicyclic) bond motifs is 1. The predicted octanol–water partition coefficient (Wildman–Crippen LogP) is 2.43. The van der Waals surface area contributed by atoms with Gasteiger partial charge in [-0.15, -0.1) is 0 Å². The third-order valence-corrected chi connectivity index (χ3v) is 4.44. The summed E-state index contributed by atoms with van der Waals surface area (Å²) in [6.45, 7) is 4.87. The van der Waals surface area contributed by atoms with Crippen LogP contribution in [0.3, 0.4) is 0 Å². The molecule has 0 spiro atoms. The molecule has 3 rings (SSSR count). The second-order valence-corrected chi connectivity index (χ2v) is 5.85. The quantitative estimate of drug-likeness (QED) is 0.887. The largest absolute Gasteiger partial charge is 0.469 e. The van der Waals surface area contributed by atoms with Gasteiger partial charge in [-0.2, -0.15) is 0 Å². The Morgan fingerprint density at radius 2 is 2.33 bits per heavy atom. The molecule has 18 heavy (non-hydrogen) atoms. The Bertz CT molecular complexity index is 363. The van der Waals surface area contributed by atoms with Gasteiger partial charge < -0.3 is 9.73 Å². The number of piperidine rings is 1. The normalized spacial score (nSPS) is 30.3. The highest BCUT2D eigenvalue weighted by Gasteiger charge is 2.35. The molecule has 2 aliphatic rings. The van der Waals surface area contributed by atoms with Crippen LogP contribution in [0.4, 0.5) is 0 Å². The summed E-state index contributed by atoms with van der Waals surface area (Å²) in [6.07, 6.45) is 8.26. The van der Waals surface area contributed by atoms with Gasteiger partial charge in [0.1, 0.15) is 5.76 Å². The summed E-state index contributed by atoms with van der Waals surface area (Å²) in [5, 5.41) is 3.81. The van der Waals surface area contributed by atoms with Crippen LogP contribution in [0.25, 0.3) is 0 Å². The Balaban J connectivity index is 1.53. The van der Waals surface area contributed by atoms with Gasteiger partial charge in [-0.05, 0) is 44.9 Å². The minimum Gasteiger partial charge on any atom is -0.469 e. The first-order valence-electron chi connectivity index (χ1n) is 7.35. The number of hydrogen-bond acceptors (Lipinski definition) is 3. The van der Waals surface area contributed by atoms with Crippen molar-refractivity contribution in [3.63, 3.8) is 0 Å². The molecule has 0 amide bonds. The van der Waals surface area contributed by atoms with Crippen LogP contribution in [0.2, 0.25) is 0 Å². The highest BCUT2D eigenvalue weighted by atomic mass is 16.3. The fraction of sp³-hybridized carbons (Fsp3) is 0.733. The van der Waals surface area contributed by atoms with Crippen molar-refractivity contribution in [3.8, 4) is 0 Å². The molecule has 0 aliphatic carbocycles. The zero-order valence-electron chi connectivity index (χ0n) is 11.3. The molecular weight excluding hydrogens is 224 g/mol. The summed E-state index contributed by atoms with van der Waals surface area (Å²) in [5.41, 5.74) is 0. The lowest BCUT2D eigenvalue weighted by Gasteiger charge is -2.33. The topological polar surface area (TPSA) is 28.4 Å². The molecule has 3 heterocycles. The molecule has 1 aromatic rings. The van der Waals surface area contributed by atoms with E-state index in [-0.39, 0.29) is 0 Å². The fourth-order valence-electron chi connectivity index (χ4n) is 3.60. The first-order valence-corrected chi connectivity index (χ1v) is 7.35. The van der Waals surface area contributed by atoms with Crippen molar-refractivity contribution in [1.82, 2.24) is 10.2 Å². The fourth-order valence-corrected chi connectivity index (χ4v) is 3.60. The molecule has 3 unspecified atom stereocenters. The molecule has 0 bridgehead atoms.